The molecule has 0 aromatic heterocycles. The molecule has 3 N–H and O–H groups in total. The van der Waals surface area contributed by atoms with Crippen molar-refractivity contribution in [3.63, 3.8) is 0 Å². The van der Waals surface area contributed by atoms with Gasteiger partial charge in [0.1, 0.15) is 0 Å². The maximum atomic E-state index is 5.85. The number of hydrogen-bond donors (Lipinski definition) is 2. The Morgan fingerprint density at radius 2 is 0.885 bits per heavy atom. The van der Waals surface area contributed by atoms with Crippen LogP contribution in [0.1, 0.15) is 0 Å². The molecular formula is C24H22N2. The standard InChI is InChI=1S/2C12H11N/c1-3-7-11(8-4-1)13-12-9-5-2-6-10-12;13-12-9-5-4-8-11(12)10-6-2-1-3-7-10/h1-10,13H;1-9H,13H2. The number of para-hydroxylation sites is 3. The molecule has 128 valence electrons. The highest BCUT2D eigenvalue weighted by molar-refractivity contribution is 5.75. The third kappa shape index (κ3) is 4.99. The lowest BCUT2D eigenvalue weighted by molar-refractivity contribution is 1.55. The Hall–Kier alpha value is -3.52. The van der Waals surface area contributed by atoms with Gasteiger partial charge >= 0.3 is 0 Å². The van der Waals surface area contributed by atoms with E-state index >= 15 is 0 Å². The van der Waals surface area contributed by atoms with Crippen molar-refractivity contribution >= 4 is 17.1 Å². The monoisotopic (exact) mass is 338 g/mol. The van der Waals surface area contributed by atoms with Crippen LogP contribution in [0.4, 0.5) is 17.1 Å². The van der Waals surface area contributed by atoms with Crippen LogP contribution >= 0.6 is 0 Å². The third-order valence-electron chi connectivity index (χ3n) is 3.88. The van der Waals surface area contributed by atoms with Crippen molar-refractivity contribution in [1.29, 1.82) is 0 Å². The lowest BCUT2D eigenvalue weighted by atomic mass is 10.0. The summed E-state index contributed by atoms with van der Waals surface area (Å²) < 4.78 is 0. The summed E-state index contributed by atoms with van der Waals surface area (Å²) in [6.45, 7) is 0. The first-order valence-electron chi connectivity index (χ1n) is 8.60. The minimum atomic E-state index is 0.828. The van der Waals surface area contributed by atoms with Gasteiger partial charge in [-0.1, -0.05) is 84.9 Å². The molecule has 0 unspecified atom stereocenters. The molecule has 0 saturated heterocycles. The summed E-state index contributed by atoms with van der Waals surface area (Å²) in [5.74, 6) is 0. The van der Waals surface area contributed by atoms with Crippen molar-refractivity contribution in [3.05, 3.63) is 115 Å². The molecule has 0 radical (unpaired) electrons. The molecule has 26 heavy (non-hydrogen) atoms. The van der Waals surface area contributed by atoms with Crippen LogP contribution in [0.25, 0.3) is 11.1 Å². The fraction of sp³-hybridized carbons (Fsp3) is 0. The molecule has 0 aliphatic heterocycles. The largest absolute Gasteiger partial charge is 0.398 e. The van der Waals surface area contributed by atoms with Gasteiger partial charge in [0.25, 0.3) is 0 Å². The van der Waals surface area contributed by atoms with E-state index in [1.807, 2.05) is 103 Å². The zero-order chi connectivity index (χ0) is 18.0. The maximum absolute atomic E-state index is 5.85. The SMILES string of the molecule is Nc1ccccc1-c1ccccc1.c1ccc(Nc2ccccc2)cc1. The first-order chi connectivity index (χ1) is 12.8. The molecule has 2 heteroatoms. The summed E-state index contributed by atoms with van der Waals surface area (Å²) in [7, 11) is 0. The van der Waals surface area contributed by atoms with E-state index < -0.39 is 0 Å². The van der Waals surface area contributed by atoms with Crippen LogP contribution in [0.5, 0.6) is 0 Å². The van der Waals surface area contributed by atoms with Crippen LogP contribution < -0.4 is 11.1 Å². The Balaban J connectivity index is 0.000000151. The number of rotatable bonds is 3. The lowest BCUT2D eigenvalue weighted by Crippen LogP contribution is -1.88. The highest BCUT2D eigenvalue weighted by Gasteiger charge is 1.98. The molecule has 4 rings (SSSR count). The zero-order valence-corrected chi connectivity index (χ0v) is 14.5. The van der Waals surface area contributed by atoms with Gasteiger partial charge in [-0.25, -0.2) is 0 Å². The van der Waals surface area contributed by atoms with Gasteiger partial charge in [-0.2, -0.15) is 0 Å². The molecule has 0 atom stereocenters. The van der Waals surface area contributed by atoms with Gasteiger partial charge in [0.15, 0.2) is 0 Å². The highest BCUT2D eigenvalue weighted by Crippen LogP contribution is 2.24. The van der Waals surface area contributed by atoms with Gasteiger partial charge in [0, 0.05) is 22.6 Å². The number of nitrogens with one attached hydrogen (secondary N) is 1. The first kappa shape index (κ1) is 17.3. The van der Waals surface area contributed by atoms with Crippen LogP contribution in [0.3, 0.4) is 0 Å². The van der Waals surface area contributed by atoms with Crippen molar-refractivity contribution in [3.8, 4) is 11.1 Å². The quantitative estimate of drug-likeness (QED) is 0.426. The van der Waals surface area contributed by atoms with Crippen molar-refractivity contribution in [1.82, 2.24) is 0 Å². The average molecular weight is 338 g/mol. The zero-order valence-electron chi connectivity index (χ0n) is 14.5. The number of hydrogen-bond acceptors (Lipinski definition) is 2. The molecule has 0 bridgehead atoms. The topological polar surface area (TPSA) is 38.0 Å². The molecule has 4 aromatic rings. The highest BCUT2D eigenvalue weighted by atomic mass is 14.9. The molecule has 0 aliphatic carbocycles. The maximum Gasteiger partial charge on any atom is 0.0393 e. The van der Waals surface area contributed by atoms with E-state index in [9.17, 15) is 0 Å². The third-order valence-corrected chi connectivity index (χ3v) is 3.88. The Morgan fingerprint density at radius 3 is 1.38 bits per heavy atom. The van der Waals surface area contributed by atoms with E-state index in [-0.39, 0.29) is 0 Å². The van der Waals surface area contributed by atoms with Crippen LogP contribution in [-0.4, -0.2) is 0 Å². The molecule has 0 amide bonds. The second kappa shape index (κ2) is 9.09. The first-order valence-corrected chi connectivity index (χ1v) is 8.60. The van der Waals surface area contributed by atoms with Crippen LogP contribution in [-0.2, 0) is 0 Å². The predicted octanol–water partition coefficient (Wildman–Crippen LogP) is 6.37. The van der Waals surface area contributed by atoms with Crippen LogP contribution in [0, 0.1) is 0 Å². The van der Waals surface area contributed by atoms with E-state index in [1.54, 1.807) is 0 Å². The molecule has 0 saturated carbocycles. The summed E-state index contributed by atoms with van der Waals surface area (Å²) in [6, 6.07) is 38.3. The van der Waals surface area contributed by atoms with Crippen molar-refractivity contribution in [2.24, 2.45) is 0 Å². The van der Waals surface area contributed by atoms with Gasteiger partial charge in [-0.3, -0.25) is 0 Å². The smallest absolute Gasteiger partial charge is 0.0393 e. The molecule has 0 spiro atoms. The van der Waals surface area contributed by atoms with E-state index in [0.717, 1.165) is 22.6 Å². The molecule has 0 aliphatic rings. The van der Waals surface area contributed by atoms with E-state index in [0.29, 0.717) is 0 Å². The second-order valence-corrected chi connectivity index (χ2v) is 5.81. The summed E-state index contributed by atoms with van der Waals surface area (Å²) in [5, 5.41) is 3.30. The van der Waals surface area contributed by atoms with Gasteiger partial charge in [-0.15, -0.1) is 0 Å². The Bertz CT molecular complexity index is 867. The van der Waals surface area contributed by atoms with Gasteiger partial charge in [0.05, 0.1) is 0 Å². The summed E-state index contributed by atoms with van der Waals surface area (Å²) in [4.78, 5) is 0. The predicted molar refractivity (Wildman–Crippen MR) is 112 cm³/mol. The number of nitrogen functional groups attached to an aromatic ring is 1. The number of nitrogens with two attached hydrogens (primary N) is 1. The number of anilines is 3. The van der Waals surface area contributed by atoms with Crippen LogP contribution in [0.2, 0.25) is 0 Å². The van der Waals surface area contributed by atoms with Crippen molar-refractivity contribution in [2.45, 2.75) is 0 Å². The molecule has 0 fully saturated rings. The molecule has 4 aromatic carbocycles. The van der Waals surface area contributed by atoms with Gasteiger partial charge in [0.2, 0.25) is 0 Å². The Labute approximate surface area is 154 Å². The van der Waals surface area contributed by atoms with Gasteiger partial charge in [-0.05, 0) is 35.9 Å². The summed E-state index contributed by atoms with van der Waals surface area (Å²) in [5.41, 5.74) is 11.2. The fourth-order valence-electron chi connectivity index (χ4n) is 2.59. The molecular weight excluding hydrogens is 316 g/mol. The average Bonchev–Trinajstić information content (AvgIpc) is 2.71. The molecule has 0 heterocycles. The lowest BCUT2D eigenvalue weighted by Gasteiger charge is -2.04. The molecule has 2 nitrogen and oxygen atoms in total. The summed E-state index contributed by atoms with van der Waals surface area (Å²) in [6.07, 6.45) is 0. The van der Waals surface area contributed by atoms with E-state index in [2.05, 4.69) is 17.4 Å². The fourth-order valence-corrected chi connectivity index (χ4v) is 2.59. The van der Waals surface area contributed by atoms with E-state index in [4.69, 9.17) is 5.73 Å². The normalized spacial score (nSPS) is 9.69. The number of benzene rings is 4. The van der Waals surface area contributed by atoms with Crippen molar-refractivity contribution in [2.75, 3.05) is 11.1 Å². The summed E-state index contributed by atoms with van der Waals surface area (Å²) >= 11 is 0. The minimum absolute atomic E-state index is 0.828. The van der Waals surface area contributed by atoms with E-state index in [1.165, 1.54) is 5.56 Å². The van der Waals surface area contributed by atoms with Crippen molar-refractivity contribution < 1.29 is 0 Å². The Kier molecular flexibility index (Phi) is 6.05. The Morgan fingerprint density at radius 1 is 0.462 bits per heavy atom. The van der Waals surface area contributed by atoms with Gasteiger partial charge < -0.3 is 11.1 Å². The second-order valence-electron chi connectivity index (χ2n) is 5.81. The minimum Gasteiger partial charge on any atom is -0.398 e. The van der Waals surface area contributed by atoms with Crippen LogP contribution in [0.15, 0.2) is 115 Å².